The molecule has 1 aliphatic heterocycles. The van der Waals surface area contributed by atoms with E-state index >= 15 is 0 Å². The zero-order valence-electron chi connectivity index (χ0n) is 12.3. The van der Waals surface area contributed by atoms with Crippen LogP contribution in [0.5, 0.6) is 0 Å². The van der Waals surface area contributed by atoms with Gasteiger partial charge in [-0.3, -0.25) is 10.1 Å². The molecular weight excluding hydrogens is 330 g/mol. The number of rotatable bonds is 4. The van der Waals surface area contributed by atoms with E-state index in [2.05, 4.69) is 0 Å². The van der Waals surface area contributed by atoms with Gasteiger partial charge in [0.15, 0.2) is 0 Å². The van der Waals surface area contributed by atoms with Gasteiger partial charge >= 0.3 is 0 Å². The van der Waals surface area contributed by atoms with Crippen LogP contribution in [0, 0.1) is 23.0 Å². The summed E-state index contributed by atoms with van der Waals surface area (Å²) >= 11 is 0. The fraction of sp³-hybridized carbons (Fsp3) is 0.538. The van der Waals surface area contributed by atoms with Crippen molar-refractivity contribution in [2.45, 2.75) is 24.7 Å². The molecule has 2 rings (SSSR count). The number of hydrogen-bond donors (Lipinski definition) is 1. The number of sulfonamides is 1. The molecule has 1 heterocycles. The third-order valence-corrected chi connectivity index (χ3v) is 5.82. The highest BCUT2D eigenvalue weighted by Crippen LogP contribution is 2.27. The topological polar surface area (TPSA) is 107 Å². The summed E-state index contributed by atoms with van der Waals surface area (Å²) < 4.78 is 26.8. The highest BCUT2D eigenvalue weighted by atomic mass is 35.5. The smallest absolute Gasteiger partial charge is 0.270 e. The molecule has 22 heavy (non-hydrogen) atoms. The van der Waals surface area contributed by atoms with E-state index < -0.39 is 14.9 Å². The van der Waals surface area contributed by atoms with E-state index in [1.807, 2.05) is 0 Å². The summed E-state index contributed by atoms with van der Waals surface area (Å²) in [7, 11) is -3.72. The maximum atomic E-state index is 12.7. The second-order valence-electron chi connectivity index (χ2n) is 5.31. The number of nitro groups is 1. The van der Waals surface area contributed by atoms with Crippen LogP contribution in [0.4, 0.5) is 5.69 Å². The van der Waals surface area contributed by atoms with Crippen LogP contribution < -0.4 is 5.73 Å². The first-order valence-corrected chi connectivity index (χ1v) is 8.25. The maximum absolute atomic E-state index is 12.7. The molecule has 124 valence electrons. The first kappa shape index (κ1) is 18.8. The van der Waals surface area contributed by atoms with Crippen molar-refractivity contribution >= 4 is 28.1 Å². The van der Waals surface area contributed by atoms with Gasteiger partial charge in [-0.05, 0) is 37.8 Å². The van der Waals surface area contributed by atoms with Crippen LogP contribution in [0.1, 0.15) is 18.4 Å². The lowest BCUT2D eigenvalue weighted by Crippen LogP contribution is -2.42. The third kappa shape index (κ3) is 3.75. The number of aryl methyl sites for hydroxylation is 1. The summed E-state index contributed by atoms with van der Waals surface area (Å²) in [5, 5.41) is 10.8. The molecule has 0 aromatic heterocycles. The number of halogens is 1. The lowest BCUT2D eigenvalue weighted by Gasteiger charge is -2.31. The second kappa shape index (κ2) is 7.36. The van der Waals surface area contributed by atoms with Crippen molar-refractivity contribution in [2.75, 3.05) is 19.6 Å². The molecule has 1 aromatic rings. The van der Waals surface area contributed by atoms with E-state index in [1.54, 1.807) is 6.92 Å². The molecule has 0 aliphatic carbocycles. The van der Waals surface area contributed by atoms with E-state index in [1.165, 1.54) is 16.4 Å². The van der Waals surface area contributed by atoms with E-state index in [0.717, 1.165) is 18.9 Å². The van der Waals surface area contributed by atoms with Gasteiger partial charge in [-0.25, -0.2) is 8.42 Å². The third-order valence-electron chi connectivity index (χ3n) is 3.82. The van der Waals surface area contributed by atoms with Crippen LogP contribution in [0.15, 0.2) is 23.1 Å². The lowest BCUT2D eigenvalue weighted by atomic mass is 10.0. The summed E-state index contributed by atoms with van der Waals surface area (Å²) in [6.45, 7) is 2.89. The fourth-order valence-corrected chi connectivity index (χ4v) is 4.36. The molecule has 9 heteroatoms. The van der Waals surface area contributed by atoms with Crippen molar-refractivity contribution < 1.29 is 13.3 Å². The number of hydrogen-bond acceptors (Lipinski definition) is 5. The van der Waals surface area contributed by atoms with Gasteiger partial charge in [0.05, 0.1) is 9.82 Å². The molecule has 1 atom stereocenters. The van der Waals surface area contributed by atoms with Crippen molar-refractivity contribution in [1.82, 2.24) is 4.31 Å². The van der Waals surface area contributed by atoms with Crippen molar-refractivity contribution in [3.05, 3.63) is 33.9 Å². The predicted octanol–water partition coefficient (Wildman–Crippen LogP) is 1.68. The fourth-order valence-electron chi connectivity index (χ4n) is 2.56. The maximum Gasteiger partial charge on any atom is 0.270 e. The van der Waals surface area contributed by atoms with Gasteiger partial charge in [0, 0.05) is 25.2 Å². The van der Waals surface area contributed by atoms with E-state index in [9.17, 15) is 18.5 Å². The van der Waals surface area contributed by atoms with Crippen LogP contribution in [0.2, 0.25) is 0 Å². The molecule has 1 fully saturated rings. The molecule has 7 nitrogen and oxygen atoms in total. The predicted molar refractivity (Wildman–Crippen MR) is 85.6 cm³/mol. The Labute approximate surface area is 136 Å². The standard InChI is InChI=1S/C13H19N3O4S.ClH/c1-10-4-5-12(16(17)18)7-13(10)21(19,20)15-6-2-3-11(8-14)9-15;/h4-5,7,11H,2-3,6,8-9,14H2,1H3;1H. The number of nitrogens with zero attached hydrogens (tertiary/aromatic N) is 2. The Morgan fingerprint density at radius 3 is 2.73 bits per heavy atom. The zero-order valence-corrected chi connectivity index (χ0v) is 13.9. The molecule has 2 N–H and O–H groups in total. The van der Waals surface area contributed by atoms with Gasteiger partial charge in [0.25, 0.3) is 5.69 Å². The van der Waals surface area contributed by atoms with Crippen LogP contribution in [0.25, 0.3) is 0 Å². The van der Waals surface area contributed by atoms with Crippen LogP contribution in [-0.4, -0.2) is 37.3 Å². The van der Waals surface area contributed by atoms with Crippen LogP contribution >= 0.6 is 12.4 Å². The minimum absolute atomic E-state index is 0. The number of benzene rings is 1. The molecule has 0 spiro atoms. The van der Waals surface area contributed by atoms with Crippen molar-refractivity contribution in [1.29, 1.82) is 0 Å². The van der Waals surface area contributed by atoms with Crippen molar-refractivity contribution in [3.8, 4) is 0 Å². The van der Waals surface area contributed by atoms with Gasteiger partial charge in [0.1, 0.15) is 0 Å². The van der Waals surface area contributed by atoms with Gasteiger partial charge in [-0.2, -0.15) is 4.31 Å². The number of nitro benzene ring substituents is 1. The molecule has 0 bridgehead atoms. The summed E-state index contributed by atoms with van der Waals surface area (Å²) in [4.78, 5) is 10.3. The van der Waals surface area contributed by atoms with Crippen molar-refractivity contribution in [3.63, 3.8) is 0 Å². The highest BCUT2D eigenvalue weighted by Gasteiger charge is 2.31. The minimum atomic E-state index is -3.72. The molecule has 1 saturated heterocycles. The molecule has 0 radical (unpaired) electrons. The zero-order chi connectivity index (χ0) is 15.6. The van der Waals surface area contributed by atoms with Gasteiger partial charge in [0.2, 0.25) is 10.0 Å². The van der Waals surface area contributed by atoms with Gasteiger partial charge in [-0.15, -0.1) is 12.4 Å². The average molecular weight is 350 g/mol. The number of nitrogens with two attached hydrogens (primary N) is 1. The van der Waals surface area contributed by atoms with Crippen LogP contribution in [-0.2, 0) is 10.0 Å². The Kier molecular flexibility index (Phi) is 6.30. The molecule has 0 amide bonds. The summed E-state index contributed by atoms with van der Waals surface area (Å²) in [6.07, 6.45) is 1.67. The quantitative estimate of drug-likeness (QED) is 0.657. The molecule has 1 unspecified atom stereocenters. The minimum Gasteiger partial charge on any atom is -0.330 e. The first-order chi connectivity index (χ1) is 9.86. The van der Waals surface area contributed by atoms with Gasteiger partial charge < -0.3 is 5.73 Å². The first-order valence-electron chi connectivity index (χ1n) is 6.81. The summed E-state index contributed by atoms with van der Waals surface area (Å²) in [5.74, 6) is 0.146. The lowest BCUT2D eigenvalue weighted by molar-refractivity contribution is -0.385. The van der Waals surface area contributed by atoms with Gasteiger partial charge in [-0.1, -0.05) is 6.07 Å². The summed E-state index contributed by atoms with van der Waals surface area (Å²) in [5.41, 5.74) is 5.92. The normalized spacial score (nSPS) is 19.5. The Hall–Kier alpha value is -1.22. The highest BCUT2D eigenvalue weighted by molar-refractivity contribution is 7.89. The Bertz CT molecular complexity index is 651. The summed E-state index contributed by atoms with van der Waals surface area (Å²) in [6, 6.07) is 3.92. The second-order valence-corrected chi connectivity index (χ2v) is 7.22. The number of piperidine rings is 1. The monoisotopic (exact) mass is 349 g/mol. The largest absolute Gasteiger partial charge is 0.330 e. The van der Waals surface area contributed by atoms with Crippen LogP contribution in [0.3, 0.4) is 0 Å². The Morgan fingerprint density at radius 2 is 2.14 bits per heavy atom. The Balaban J connectivity index is 0.00000242. The SMILES string of the molecule is Cc1ccc([N+](=O)[O-])cc1S(=O)(=O)N1CCCC(CN)C1.Cl. The number of non-ortho nitro benzene ring substituents is 1. The molecule has 1 aliphatic rings. The molecular formula is C13H20ClN3O4S. The average Bonchev–Trinajstić information content (AvgIpc) is 2.47. The molecule has 0 saturated carbocycles. The van der Waals surface area contributed by atoms with E-state index in [0.29, 0.717) is 25.2 Å². The van der Waals surface area contributed by atoms with E-state index in [-0.39, 0.29) is 28.9 Å². The molecule has 1 aromatic carbocycles. The van der Waals surface area contributed by atoms with E-state index in [4.69, 9.17) is 5.73 Å². The Morgan fingerprint density at radius 1 is 1.45 bits per heavy atom. The van der Waals surface area contributed by atoms with Crippen molar-refractivity contribution in [2.24, 2.45) is 11.7 Å².